The quantitative estimate of drug-likeness (QED) is 0.837. The van der Waals surface area contributed by atoms with E-state index in [2.05, 4.69) is 36.5 Å². The van der Waals surface area contributed by atoms with Crippen molar-refractivity contribution in [1.29, 1.82) is 0 Å². The first-order valence-electron chi connectivity index (χ1n) is 6.84. The van der Waals surface area contributed by atoms with Crippen molar-refractivity contribution in [3.05, 3.63) is 35.4 Å². The van der Waals surface area contributed by atoms with Gasteiger partial charge in [0, 0.05) is 6.04 Å². The average Bonchev–Trinajstić information content (AvgIpc) is 2.40. The highest BCUT2D eigenvalue weighted by atomic mass is 14.9. The third-order valence-corrected chi connectivity index (χ3v) is 3.86. The largest absolute Gasteiger partial charge is 0.324 e. The molecule has 3 N–H and O–H groups in total. The van der Waals surface area contributed by atoms with Gasteiger partial charge in [-0.05, 0) is 55.8 Å². The minimum Gasteiger partial charge on any atom is -0.324 e. The topological polar surface area (TPSA) is 38.0 Å². The Labute approximate surface area is 105 Å². The second-order valence-electron chi connectivity index (χ2n) is 5.13. The van der Waals surface area contributed by atoms with E-state index >= 15 is 0 Å². The summed E-state index contributed by atoms with van der Waals surface area (Å²) in [5, 5.41) is 3.40. The van der Waals surface area contributed by atoms with Crippen molar-refractivity contribution in [2.24, 2.45) is 11.7 Å². The lowest BCUT2D eigenvalue weighted by molar-refractivity contribution is 0.333. The molecule has 0 aliphatic carbocycles. The van der Waals surface area contributed by atoms with Gasteiger partial charge in [0.1, 0.15) is 0 Å². The van der Waals surface area contributed by atoms with E-state index in [9.17, 15) is 0 Å². The zero-order chi connectivity index (χ0) is 12.1. The molecular formula is C15H24N2. The maximum Gasteiger partial charge on any atom is 0.0297 e. The van der Waals surface area contributed by atoms with Crippen molar-refractivity contribution in [2.45, 2.75) is 38.6 Å². The molecule has 0 amide bonds. The second-order valence-corrected chi connectivity index (χ2v) is 5.13. The van der Waals surface area contributed by atoms with E-state index in [1.807, 2.05) is 0 Å². The van der Waals surface area contributed by atoms with Gasteiger partial charge in [-0.3, -0.25) is 0 Å². The van der Waals surface area contributed by atoms with Crippen LogP contribution in [0.2, 0.25) is 0 Å². The number of hydrogen-bond donors (Lipinski definition) is 2. The van der Waals surface area contributed by atoms with Crippen LogP contribution in [0.25, 0.3) is 0 Å². The molecule has 0 spiro atoms. The van der Waals surface area contributed by atoms with E-state index in [1.165, 1.54) is 24.0 Å². The van der Waals surface area contributed by atoms with Gasteiger partial charge in [0.05, 0.1) is 0 Å². The molecule has 2 heteroatoms. The van der Waals surface area contributed by atoms with Crippen molar-refractivity contribution in [1.82, 2.24) is 5.32 Å². The predicted octanol–water partition coefficient (Wildman–Crippen LogP) is 2.64. The summed E-state index contributed by atoms with van der Waals surface area (Å²) in [5.41, 5.74) is 8.98. The molecule has 2 nitrogen and oxygen atoms in total. The number of hydrogen-bond acceptors (Lipinski definition) is 2. The van der Waals surface area contributed by atoms with Crippen molar-refractivity contribution < 1.29 is 0 Å². The first-order chi connectivity index (χ1) is 8.29. The Morgan fingerprint density at radius 3 is 2.47 bits per heavy atom. The summed E-state index contributed by atoms with van der Waals surface area (Å²) in [6, 6.07) is 9.02. The number of rotatable bonds is 4. The normalized spacial score (nSPS) is 19.2. The number of benzene rings is 1. The molecule has 1 fully saturated rings. The first kappa shape index (κ1) is 12.6. The van der Waals surface area contributed by atoms with Crippen LogP contribution < -0.4 is 11.1 Å². The van der Waals surface area contributed by atoms with Gasteiger partial charge < -0.3 is 11.1 Å². The fraction of sp³-hybridized carbons (Fsp3) is 0.600. The van der Waals surface area contributed by atoms with Crippen LogP contribution in [0.15, 0.2) is 24.3 Å². The highest BCUT2D eigenvalue weighted by Crippen LogP contribution is 2.24. The van der Waals surface area contributed by atoms with Gasteiger partial charge >= 0.3 is 0 Å². The zero-order valence-electron chi connectivity index (χ0n) is 10.8. The van der Waals surface area contributed by atoms with Crippen LogP contribution in [0, 0.1) is 5.92 Å². The highest BCUT2D eigenvalue weighted by Gasteiger charge is 2.17. The van der Waals surface area contributed by atoms with Crippen molar-refractivity contribution in [3.63, 3.8) is 0 Å². The summed E-state index contributed by atoms with van der Waals surface area (Å²) in [6.45, 7) is 4.50. The molecule has 0 saturated carbocycles. The van der Waals surface area contributed by atoms with Crippen LogP contribution >= 0.6 is 0 Å². The Bertz CT molecular complexity index is 325. The predicted molar refractivity (Wildman–Crippen MR) is 73.0 cm³/mol. The fourth-order valence-corrected chi connectivity index (χ4v) is 2.61. The molecule has 1 aromatic carbocycles. The third kappa shape index (κ3) is 3.55. The lowest BCUT2D eigenvalue weighted by Crippen LogP contribution is -2.29. The lowest BCUT2D eigenvalue weighted by atomic mass is 9.88. The van der Waals surface area contributed by atoms with E-state index in [0.29, 0.717) is 0 Å². The van der Waals surface area contributed by atoms with Crippen LogP contribution in [-0.4, -0.2) is 13.1 Å². The maximum absolute atomic E-state index is 6.30. The molecule has 1 aliphatic rings. The van der Waals surface area contributed by atoms with Gasteiger partial charge in [0.15, 0.2) is 0 Å². The molecule has 1 aromatic rings. The Kier molecular flexibility index (Phi) is 4.57. The fourth-order valence-electron chi connectivity index (χ4n) is 2.61. The SMILES string of the molecule is CCc1ccc(C(N)CC2CCNCC2)cc1. The zero-order valence-corrected chi connectivity index (χ0v) is 10.8. The summed E-state index contributed by atoms with van der Waals surface area (Å²) < 4.78 is 0. The van der Waals surface area contributed by atoms with Gasteiger partial charge in [0.25, 0.3) is 0 Å². The molecule has 0 bridgehead atoms. The molecule has 1 unspecified atom stereocenters. The molecule has 1 heterocycles. The number of piperidine rings is 1. The van der Waals surface area contributed by atoms with Gasteiger partial charge in [-0.15, -0.1) is 0 Å². The summed E-state index contributed by atoms with van der Waals surface area (Å²) >= 11 is 0. The van der Waals surface area contributed by atoms with Crippen LogP contribution in [0.5, 0.6) is 0 Å². The van der Waals surface area contributed by atoms with Gasteiger partial charge in [-0.1, -0.05) is 31.2 Å². The monoisotopic (exact) mass is 232 g/mol. The Balaban J connectivity index is 1.91. The smallest absolute Gasteiger partial charge is 0.0297 e. The second kappa shape index (κ2) is 6.18. The van der Waals surface area contributed by atoms with E-state index < -0.39 is 0 Å². The molecule has 2 rings (SSSR count). The molecule has 1 aliphatic heterocycles. The third-order valence-electron chi connectivity index (χ3n) is 3.86. The minimum absolute atomic E-state index is 0.212. The Morgan fingerprint density at radius 1 is 1.24 bits per heavy atom. The van der Waals surface area contributed by atoms with E-state index in [1.54, 1.807) is 0 Å². The van der Waals surface area contributed by atoms with E-state index in [-0.39, 0.29) is 6.04 Å². The van der Waals surface area contributed by atoms with Crippen LogP contribution in [-0.2, 0) is 6.42 Å². The molecule has 94 valence electrons. The van der Waals surface area contributed by atoms with E-state index in [0.717, 1.165) is 31.8 Å². The molecule has 0 aromatic heterocycles. The molecule has 0 radical (unpaired) electrons. The number of aryl methyl sites for hydroxylation is 1. The minimum atomic E-state index is 0.212. The van der Waals surface area contributed by atoms with E-state index in [4.69, 9.17) is 5.73 Å². The van der Waals surface area contributed by atoms with Crippen LogP contribution in [0.4, 0.5) is 0 Å². The van der Waals surface area contributed by atoms with Gasteiger partial charge in [-0.2, -0.15) is 0 Å². The van der Waals surface area contributed by atoms with Crippen molar-refractivity contribution in [3.8, 4) is 0 Å². The Hall–Kier alpha value is -0.860. The standard InChI is InChI=1S/C15H24N2/c1-2-12-3-5-14(6-4-12)15(16)11-13-7-9-17-10-8-13/h3-6,13,15,17H,2,7-11,16H2,1H3. The molecular weight excluding hydrogens is 208 g/mol. The summed E-state index contributed by atoms with van der Waals surface area (Å²) in [4.78, 5) is 0. The van der Waals surface area contributed by atoms with Crippen molar-refractivity contribution in [2.75, 3.05) is 13.1 Å². The van der Waals surface area contributed by atoms with Gasteiger partial charge in [-0.25, -0.2) is 0 Å². The van der Waals surface area contributed by atoms with Crippen LogP contribution in [0.3, 0.4) is 0 Å². The molecule has 1 saturated heterocycles. The van der Waals surface area contributed by atoms with Gasteiger partial charge in [0.2, 0.25) is 0 Å². The maximum atomic E-state index is 6.30. The summed E-state index contributed by atoms with van der Waals surface area (Å²) in [7, 11) is 0. The summed E-state index contributed by atoms with van der Waals surface area (Å²) in [5.74, 6) is 0.803. The number of nitrogens with one attached hydrogen (secondary N) is 1. The molecule has 17 heavy (non-hydrogen) atoms. The Morgan fingerprint density at radius 2 is 1.88 bits per heavy atom. The van der Waals surface area contributed by atoms with Crippen LogP contribution in [0.1, 0.15) is 43.4 Å². The summed E-state index contributed by atoms with van der Waals surface area (Å²) in [6.07, 6.45) is 4.79. The lowest BCUT2D eigenvalue weighted by Gasteiger charge is -2.25. The highest BCUT2D eigenvalue weighted by molar-refractivity contribution is 5.24. The average molecular weight is 232 g/mol. The number of nitrogens with two attached hydrogens (primary N) is 1. The van der Waals surface area contributed by atoms with Crippen molar-refractivity contribution >= 4 is 0 Å². The first-order valence-corrected chi connectivity index (χ1v) is 6.84. The molecule has 1 atom stereocenters.